The van der Waals surface area contributed by atoms with Gasteiger partial charge in [0, 0.05) is 27.1 Å². The Morgan fingerprint density at radius 3 is 2.09 bits per heavy atom. The average Bonchev–Trinajstić information content (AvgIpc) is 3.53. The van der Waals surface area contributed by atoms with Crippen molar-refractivity contribution in [2.45, 2.75) is 19.3 Å². The molecular weight excluding hydrogens is 558 g/mol. The molecule has 0 fully saturated rings. The number of nitrogens with zero attached hydrogens (tertiary/aromatic N) is 3. The maximum absolute atomic E-state index is 5.39. The van der Waals surface area contributed by atoms with Crippen LogP contribution >= 0.6 is 0 Å². The lowest BCUT2D eigenvalue weighted by molar-refractivity contribution is 0.661. The van der Waals surface area contributed by atoms with E-state index in [9.17, 15) is 0 Å². The number of hydrogen-bond acceptors (Lipinski definition) is 2. The first-order valence-corrected chi connectivity index (χ1v) is 15.9. The summed E-state index contributed by atoms with van der Waals surface area (Å²) in [5.74, 6) is 0.681. The lowest BCUT2D eigenvalue weighted by Gasteiger charge is -2.21. The Balaban J connectivity index is 1.23. The summed E-state index contributed by atoms with van der Waals surface area (Å²) in [6.07, 6.45) is 0. The second-order valence-corrected chi connectivity index (χ2v) is 13.1. The van der Waals surface area contributed by atoms with Crippen LogP contribution in [0, 0.1) is 0 Å². The highest BCUT2D eigenvalue weighted by atomic mass is 15.2. The molecule has 0 saturated carbocycles. The first-order valence-electron chi connectivity index (χ1n) is 15.9. The van der Waals surface area contributed by atoms with E-state index in [4.69, 9.17) is 9.97 Å². The number of para-hydroxylation sites is 2. The number of hydrogen-bond donors (Lipinski definition) is 0. The summed E-state index contributed by atoms with van der Waals surface area (Å²) in [7, 11) is 0. The van der Waals surface area contributed by atoms with Crippen molar-refractivity contribution < 1.29 is 0 Å². The molecule has 7 aromatic carbocycles. The van der Waals surface area contributed by atoms with E-state index < -0.39 is 0 Å². The van der Waals surface area contributed by atoms with Gasteiger partial charge in [-0.05, 0) is 86.3 Å². The van der Waals surface area contributed by atoms with Crippen molar-refractivity contribution in [1.82, 2.24) is 14.5 Å². The summed E-state index contributed by atoms with van der Waals surface area (Å²) in [6.45, 7) is 4.68. The molecular formula is C43H29N3. The molecule has 1 aliphatic rings. The van der Waals surface area contributed by atoms with Crippen LogP contribution in [0.1, 0.15) is 25.0 Å². The van der Waals surface area contributed by atoms with Gasteiger partial charge in [0.15, 0.2) is 0 Å². The van der Waals surface area contributed by atoms with E-state index in [1.165, 1.54) is 54.6 Å². The van der Waals surface area contributed by atoms with Gasteiger partial charge in [-0.2, -0.15) is 0 Å². The highest BCUT2D eigenvalue weighted by molar-refractivity contribution is 6.13. The van der Waals surface area contributed by atoms with Crippen LogP contribution in [-0.2, 0) is 5.41 Å². The first kappa shape index (κ1) is 25.5. The largest absolute Gasteiger partial charge is 0.278 e. The maximum atomic E-state index is 5.39. The van der Waals surface area contributed by atoms with E-state index in [2.05, 4.69) is 158 Å². The summed E-state index contributed by atoms with van der Waals surface area (Å²) < 4.78 is 2.24. The van der Waals surface area contributed by atoms with Gasteiger partial charge in [-0.3, -0.25) is 4.57 Å². The smallest absolute Gasteiger partial charge is 0.235 e. The highest BCUT2D eigenvalue weighted by Gasteiger charge is 2.35. The minimum absolute atomic E-state index is 0.0500. The van der Waals surface area contributed by atoms with Gasteiger partial charge in [-0.1, -0.05) is 111 Å². The molecule has 0 spiro atoms. The molecule has 2 heterocycles. The Labute approximate surface area is 266 Å². The van der Waals surface area contributed by atoms with Crippen molar-refractivity contribution in [3.63, 3.8) is 0 Å². The van der Waals surface area contributed by atoms with E-state index >= 15 is 0 Å². The van der Waals surface area contributed by atoms with Crippen molar-refractivity contribution in [1.29, 1.82) is 0 Å². The third-order valence-electron chi connectivity index (χ3n) is 10.1. The summed E-state index contributed by atoms with van der Waals surface area (Å²) >= 11 is 0. The number of aromatic nitrogens is 3. The molecule has 0 N–H and O–H groups in total. The normalized spacial score (nSPS) is 13.6. The SMILES string of the molecule is CC1(C)c2ccccc2-c2cc3ccc(-c4nc(-n5c6ccccc6c6cc7ccccc7cc65)nc5ccccc45)cc3cc21. The van der Waals surface area contributed by atoms with E-state index in [0.29, 0.717) is 5.95 Å². The average molecular weight is 588 g/mol. The number of benzene rings is 7. The van der Waals surface area contributed by atoms with Crippen molar-refractivity contribution in [3.8, 4) is 28.3 Å². The monoisotopic (exact) mass is 587 g/mol. The van der Waals surface area contributed by atoms with Crippen molar-refractivity contribution in [3.05, 3.63) is 151 Å². The number of rotatable bonds is 2. The summed E-state index contributed by atoms with van der Waals surface area (Å²) in [6, 6.07) is 50.5. The second-order valence-electron chi connectivity index (χ2n) is 13.1. The quantitative estimate of drug-likeness (QED) is 0.201. The van der Waals surface area contributed by atoms with Crippen LogP contribution in [0.4, 0.5) is 0 Å². The molecule has 2 aromatic heterocycles. The fourth-order valence-corrected chi connectivity index (χ4v) is 7.85. The summed E-state index contributed by atoms with van der Waals surface area (Å²) in [4.78, 5) is 10.6. The van der Waals surface area contributed by atoms with Crippen LogP contribution in [0.25, 0.3) is 82.6 Å². The molecule has 10 rings (SSSR count). The van der Waals surface area contributed by atoms with Gasteiger partial charge in [0.25, 0.3) is 0 Å². The van der Waals surface area contributed by atoms with E-state index in [1.807, 2.05) is 0 Å². The molecule has 0 bridgehead atoms. The minimum atomic E-state index is -0.0500. The van der Waals surface area contributed by atoms with Gasteiger partial charge < -0.3 is 0 Å². The lowest BCUT2D eigenvalue weighted by Crippen LogP contribution is -2.14. The Morgan fingerprint density at radius 1 is 0.478 bits per heavy atom. The molecule has 46 heavy (non-hydrogen) atoms. The predicted octanol–water partition coefficient (Wildman–Crippen LogP) is 11.0. The van der Waals surface area contributed by atoms with Crippen LogP contribution in [0.3, 0.4) is 0 Å². The first-order chi connectivity index (χ1) is 22.5. The molecule has 0 aliphatic heterocycles. The van der Waals surface area contributed by atoms with Crippen LogP contribution < -0.4 is 0 Å². The third-order valence-corrected chi connectivity index (χ3v) is 10.1. The standard InChI is InChI=1S/C43H29N3/c1-43(2)36-16-8-5-13-31(36)34-22-28-19-20-29(21-30(28)24-37(34)43)41-33-15-6-9-17-38(33)44-42(45-41)46-39-18-10-7-14-32(39)35-23-26-11-3-4-12-27(26)25-40(35)46/h3-25H,1-2H3. The van der Waals surface area contributed by atoms with Crippen LogP contribution in [0.15, 0.2) is 140 Å². The zero-order valence-electron chi connectivity index (χ0n) is 25.6. The molecule has 3 heteroatoms. The fraction of sp³-hybridized carbons (Fsp3) is 0.0698. The van der Waals surface area contributed by atoms with E-state index in [0.717, 1.165) is 33.2 Å². The van der Waals surface area contributed by atoms with Crippen LogP contribution in [0.5, 0.6) is 0 Å². The number of fused-ring (bicyclic) bond motifs is 9. The molecule has 3 nitrogen and oxygen atoms in total. The van der Waals surface area contributed by atoms with Crippen LogP contribution in [0.2, 0.25) is 0 Å². The molecule has 0 unspecified atom stereocenters. The van der Waals surface area contributed by atoms with Gasteiger partial charge in [0.05, 0.1) is 22.2 Å². The predicted molar refractivity (Wildman–Crippen MR) is 192 cm³/mol. The van der Waals surface area contributed by atoms with E-state index in [-0.39, 0.29) is 5.41 Å². The topological polar surface area (TPSA) is 30.7 Å². The fourth-order valence-electron chi connectivity index (χ4n) is 7.85. The Bertz CT molecular complexity index is 2730. The molecule has 216 valence electrons. The Hall–Kier alpha value is -5.80. The van der Waals surface area contributed by atoms with Crippen molar-refractivity contribution in [2.75, 3.05) is 0 Å². The second kappa shape index (κ2) is 9.12. The third kappa shape index (κ3) is 3.48. The van der Waals surface area contributed by atoms with Gasteiger partial charge in [-0.15, -0.1) is 0 Å². The molecule has 0 saturated heterocycles. The minimum Gasteiger partial charge on any atom is -0.278 e. The van der Waals surface area contributed by atoms with Crippen molar-refractivity contribution in [2.24, 2.45) is 0 Å². The molecule has 0 radical (unpaired) electrons. The van der Waals surface area contributed by atoms with Gasteiger partial charge in [-0.25, -0.2) is 9.97 Å². The Kier molecular flexibility index (Phi) is 5.06. The van der Waals surface area contributed by atoms with Gasteiger partial charge >= 0.3 is 0 Å². The van der Waals surface area contributed by atoms with Crippen LogP contribution in [-0.4, -0.2) is 14.5 Å². The zero-order valence-corrected chi connectivity index (χ0v) is 25.6. The maximum Gasteiger partial charge on any atom is 0.235 e. The van der Waals surface area contributed by atoms with E-state index in [1.54, 1.807) is 0 Å². The molecule has 0 atom stereocenters. The van der Waals surface area contributed by atoms with Gasteiger partial charge in [0.1, 0.15) is 0 Å². The summed E-state index contributed by atoms with van der Waals surface area (Å²) in [5, 5.41) is 8.35. The van der Waals surface area contributed by atoms with Crippen molar-refractivity contribution >= 4 is 54.3 Å². The highest BCUT2D eigenvalue weighted by Crippen LogP contribution is 2.50. The summed E-state index contributed by atoms with van der Waals surface area (Å²) in [5.41, 5.74) is 10.6. The Morgan fingerprint density at radius 2 is 1.20 bits per heavy atom. The molecule has 1 aliphatic carbocycles. The van der Waals surface area contributed by atoms with Gasteiger partial charge in [0.2, 0.25) is 5.95 Å². The molecule has 0 amide bonds. The molecule has 9 aromatic rings. The lowest BCUT2D eigenvalue weighted by atomic mass is 9.82. The zero-order chi connectivity index (χ0) is 30.6.